The molecule has 0 spiro atoms. The topological polar surface area (TPSA) is 62.8 Å². The minimum Gasteiger partial charge on any atom is -0.494 e. The maximum atomic E-state index is 13.7. The lowest BCUT2D eigenvalue weighted by Gasteiger charge is -2.16. The lowest BCUT2D eigenvalue weighted by Crippen LogP contribution is -2.24. The van der Waals surface area contributed by atoms with Gasteiger partial charge in [-0.25, -0.2) is 4.39 Å². The zero-order valence-corrected chi connectivity index (χ0v) is 11.7. The number of aromatic nitrogens is 3. The van der Waals surface area contributed by atoms with E-state index < -0.39 is 0 Å². The Morgan fingerprint density at radius 2 is 2.30 bits per heavy atom. The predicted octanol–water partition coefficient (Wildman–Crippen LogP) is 2.24. The summed E-state index contributed by atoms with van der Waals surface area (Å²) in [5.74, 6) is -0.0901. The average Bonchev–Trinajstić information content (AvgIpc) is 2.97. The molecule has 0 bridgehead atoms. The van der Waals surface area contributed by atoms with Gasteiger partial charge in [-0.05, 0) is 37.1 Å². The van der Waals surface area contributed by atoms with Gasteiger partial charge >= 0.3 is 0 Å². The fourth-order valence-electron chi connectivity index (χ4n) is 2.05. The summed E-state index contributed by atoms with van der Waals surface area (Å²) in [6.07, 6.45) is 3.35. The van der Waals surface area contributed by atoms with Crippen LogP contribution < -0.4 is 10.1 Å². The Balaban J connectivity index is 2.13. The Labute approximate surface area is 117 Å². The molecule has 0 amide bonds. The molecular formula is C14H19FN4O. The van der Waals surface area contributed by atoms with Gasteiger partial charge in [0.25, 0.3) is 0 Å². The van der Waals surface area contributed by atoms with Crippen LogP contribution >= 0.6 is 0 Å². The highest BCUT2D eigenvalue weighted by Gasteiger charge is 2.15. The number of nitrogens with one attached hydrogen (secondary N) is 2. The molecule has 0 saturated heterocycles. The van der Waals surface area contributed by atoms with Gasteiger partial charge in [0.15, 0.2) is 11.6 Å². The number of halogens is 1. The van der Waals surface area contributed by atoms with E-state index in [0.717, 1.165) is 24.2 Å². The molecule has 0 fully saturated rings. The van der Waals surface area contributed by atoms with E-state index in [2.05, 4.69) is 27.7 Å². The average molecular weight is 278 g/mol. The zero-order chi connectivity index (χ0) is 14.4. The van der Waals surface area contributed by atoms with Crippen LogP contribution in [0.2, 0.25) is 0 Å². The molecule has 1 aromatic carbocycles. The van der Waals surface area contributed by atoms with Crippen molar-refractivity contribution in [2.45, 2.75) is 25.8 Å². The highest BCUT2D eigenvalue weighted by Crippen LogP contribution is 2.21. The van der Waals surface area contributed by atoms with Crippen molar-refractivity contribution in [3.63, 3.8) is 0 Å². The van der Waals surface area contributed by atoms with Gasteiger partial charge in [-0.1, -0.05) is 13.0 Å². The zero-order valence-electron chi connectivity index (χ0n) is 11.7. The second-order valence-electron chi connectivity index (χ2n) is 4.57. The molecule has 2 aromatic rings. The summed E-state index contributed by atoms with van der Waals surface area (Å²) in [5, 5.41) is 13.9. The van der Waals surface area contributed by atoms with Gasteiger partial charge in [-0.15, -0.1) is 0 Å². The van der Waals surface area contributed by atoms with Crippen LogP contribution in [0.15, 0.2) is 24.4 Å². The number of nitrogens with zero attached hydrogens (tertiary/aromatic N) is 2. The van der Waals surface area contributed by atoms with Crippen molar-refractivity contribution in [1.29, 1.82) is 0 Å². The van der Waals surface area contributed by atoms with Crippen molar-refractivity contribution in [2.75, 3.05) is 13.7 Å². The number of hydrogen-bond donors (Lipinski definition) is 2. The van der Waals surface area contributed by atoms with Crippen molar-refractivity contribution in [1.82, 2.24) is 20.7 Å². The monoisotopic (exact) mass is 278 g/mol. The largest absolute Gasteiger partial charge is 0.494 e. The number of ether oxygens (including phenoxy) is 1. The third-order valence-electron chi connectivity index (χ3n) is 3.09. The van der Waals surface area contributed by atoms with E-state index in [1.165, 1.54) is 13.2 Å². The summed E-state index contributed by atoms with van der Waals surface area (Å²) in [6, 6.07) is 5.02. The third kappa shape index (κ3) is 3.54. The molecule has 0 radical (unpaired) electrons. The number of methoxy groups -OCH3 is 1. The molecule has 0 aliphatic heterocycles. The highest BCUT2D eigenvalue weighted by atomic mass is 19.1. The lowest BCUT2D eigenvalue weighted by molar-refractivity contribution is 0.386. The fraction of sp³-hybridized carbons (Fsp3) is 0.429. The van der Waals surface area contributed by atoms with Crippen LogP contribution in [0.1, 0.15) is 30.6 Å². The first-order valence-corrected chi connectivity index (χ1v) is 6.66. The summed E-state index contributed by atoms with van der Waals surface area (Å²) >= 11 is 0. The number of rotatable bonds is 7. The van der Waals surface area contributed by atoms with Gasteiger partial charge in [0, 0.05) is 0 Å². The lowest BCUT2D eigenvalue weighted by atomic mass is 10.0. The number of aromatic amines is 1. The quantitative estimate of drug-likeness (QED) is 0.815. The maximum Gasteiger partial charge on any atom is 0.165 e. The number of H-pyrrole nitrogens is 1. The molecule has 2 N–H and O–H groups in total. The molecule has 6 heteroatoms. The second kappa shape index (κ2) is 7.00. The van der Waals surface area contributed by atoms with Crippen LogP contribution in [0.4, 0.5) is 4.39 Å². The minimum atomic E-state index is -0.348. The van der Waals surface area contributed by atoms with E-state index in [-0.39, 0.29) is 17.6 Å². The standard InChI is InChI=1S/C14H19FN4O/c1-3-6-16-12(13-9-17-19-18-13)8-10-4-5-14(20-2)11(15)7-10/h4-5,7,9,12,16H,3,6,8H2,1-2H3,(H,17,18,19). The van der Waals surface area contributed by atoms with Crippen LogP contribution in [-0.2, 0) is 6.42 Å². The van der Waals surface area contributed by atoms with Crippen LogP contribution in [0.25, 0.3) is 0 Å². The Morgan fingerprint density at radius 3 is 2.90 bits per heavy atom. The van der Waals surface area contributed by atoms with Crippen molar-refractivity contribution in [2.24, 2.45) is 0 Å². The Kier molecular flexibility index (Phi) is 5.06. The van der Waals surface area contributed by atoms with E-state index in [1.807, 2.05) is 6.07 Å². The number of benzene rings is 1. The molecule has 2 rings (SSSR count). The molecule has 1 heterocycles. The Hall–Kier alpha value is -1.95. The molecule has 0 aliphatic carbocycles. The highest BCUT2D eigenvalue weighted by molar-refractivity contribution is 5.30. The molecule has 0 saturated carbocycles. The first-order valence-electron chi connectivity index (χ1n) is 6.66. The third-order valence-corrected chi connectivity index (χ3v) is 3.09. The van der Waals surface area contributed by atoms with Crippen molar-refractivity contribution in [3.8, 4) is 5.75 Å². The van der Waals surface area contributed by atoms with E-state index in [4.69, 9.17) is 4.74 Å². The molecule has 1 aromatic heterocycles. The number of hydrogen-bond acceptors (Lipinski definition) is 4. The summed E-state index contributed by atoms with van der Waals surface area (Å²) in [4.78, 5) is 0. The first kappa shape index (κ1) is 14.5. The molecule has 1 atom stereocenters. The smallest absolute Gasteiger partial charge is 0.165 e. The van der Waals surface area contributed by atoms with Gasteiger partial charge in [0.1, 0.15) is 0 Å². The predicted molar refractivity (Wildman–Crippen MR) is 74.1 cm³/mol. The van der Waals surface area contributed by atoms with E-state index >= 15 is 0 Å². The fourth-order valence-corrected chi connectivity index (χ4v) is 2.05. The van der Waals surface area contributed by atoms with E-state index in [1.54, 1.807) is 12.3 Å². The Morgan fingerprint density at radius 1 is 1.45 bits per heavy atom. The van der Waals surface area contributed by atoms with Crippen LogP contribution in [0, 0.1) is 5.82 Å². The maximum absolute atomic E-state index is 13.7. The van der Waals surface area contributed by atoms with Crippen molar-refractivity contribution >= 4 is 0 Å². The van der Waals surface area contributed by atoms with Gasteiger partial charge in [0.2, 0.25) is 0 Å². The van der Waals surface area contributed by atoms with Crippen molar-refractivity contribution in [3.05, 3.63) is 41.5 Å². The molecule has 5 nitrogen and oxygen atoms in total. The van der Waals surface area contributed by atoms with Gasteiger partial charge < -0.3 is 10.1 Å². The van der Waals surface area contributed by atoms with E-state index in [9.17, 15) is 4.39 Å². The molecular weight excluding hydrogens is 259 g/mol. The minimum absolute atomic E-state index is 0.0153. The summed E-state index contributed by atoms with van der Waals surface area (Å²) in [5.41, 5.74) is 1.72. The first-order chi connectivity index (χ1) is 9.74. The molecule has 1 unspecified atom stereocenters. The van der Waals surface area contributed by atoms with Crippen molar-refractivity contribution < 1.29 is 9.13 Å². The van der Waals surface area contributed by atoms with Gasteiger partial charge in [0.05, 0.1) is 25.0 Å². The summed E-state index contributed by atoms with van der Waals surface area (Å²) in [6.45, 7) is 2.97. The van der Waals surface area contributed by atoms with E-state index in [0.29, 0.717) is 6.42 Å². The molecule has 108 valence electrons. The summed E-state index contributed by atoms with van der Waals surface area (Å²) in [7, 11) is 1.46. The van der Waals surface area contributed by atoms with Gasteiger partial charge in [-0.3, -0.25) is 0 Å². The Bertz CT molecular complexity index is 530. The van der Waals surface area contributed by atoms with Crippen LogP contribution in [-0.4, -0.2) is 29.1 Å². The molecule has 0 aliphatic rings. The van der Waals surface area contributed by atoms with Gasteiger partial charge in [-0.2, -0.15) is 15.4 Å². The van der Waals surface area contributed by atoms with Crippen LogP contribution in [0.5, 0.6) is 5.75 Å². The van der Waals surface area contributed by atoms with Crippen LogP contribution in [0.3, 0.4) is 0 Å². The second-order valence-corrected chi connectivity index (χ2v) is 4.57. The SMILES string of the molecule is CCCNC(Cc1ccc(OC)c(F)c1)c1cn[nH]n1. The molecule has 20 heavy (non-hydrogen) atoms. The summed E-state index contributed by atoms with van der Waals surface area (Å²) < 4.78 is 18.6. The normalized spacial score (nSPS) is 12.3.